The highest BCUT2D eigenvalue weighted by molar-refractivity contribution is 14.0. The van der Waals surface area contributed by atoms with E-state index in [2.05, 4.69) is 36.9 Å². The number of nitrogens with one attached hydrogen (secondary N) is 3. The van der Waals surface area contributed by atoms with E-state index in [1.807, 2.05) is 19.1 Å². The molecule has 3 N–H and O–H groups in total. The van der Waals surface area contributed by atoms with Crippen LogP contribution in [0.1, 0.15) is 17.3 Å². The van der Waals surface area contributed by atoms with Crippen LogP contribution < -0.4 is 16.0 Å². The highest BCUT2D eigenvalue weighted by atomic mass is 127. The molecule has 0 radical (unpaired) electrons. The van der Waals surface area contributed by atoms with Gasteiger partial charge < -0.3 is 20.7 Å². The number of amides is 1. The molecule has 1 aromatic rings. The summed E-state index contributed by atoms with van der Waals surface area (Å²) in [5.41, 5.74) is 0.633. The first kappa shape index (κ1) is 22.1. The van der Waals surface area contributed by atoms with Crippen LogP contribution >= 0.6 is 39.9 Å². The summed E-state index contributed by atoms with van der Waals surface area (Å²) >= 11 is 3.35. The smallest absolute Gasteiger partial charge is 0.251 e. The molecular formula is C15H24BrIN4O2. The van der Waals surface area contributed by atoms with Crippen molar-refractivity contribution in [1.29, 1.82) is 0 Å². The molecule has 0 spiro atoms. The minimum atomic E-state index is -0.0950. The summed E-state index contributed by atoms with van der Waals surface area (Å²) in [6.07, 6.45) is 0. The normalized spacial score (nSPS) is 10.7. The zero-order valence-electron chi connectivity index (χ0n) is 13.4. The van der Waals surface area contributed by atoms with E-state index in [-0.39, 0.29) is 29.9 Å². The van der Waals surface area contributed by atoms with Gasteiger partial charge in [0, 0.05) is 43.3 Å². The van der Waals surface area contributed by atoms with Crippen molar-refractivity contribution in [3.8, 4) is 0 Å². The average Bonchev–Trinajstić information content (AvgIpc) is 2.53. The summed E-state index contributed by atoms with van der Waals surface area (Å²) in [5.74, 6) is 0.596. The number of aliphatic imine (C=N–C) groups is 1. The average molecular weight is 499 g/mol. The molecule has 8 heteroatoms. The van der Waals surface area contributed by atoms with E-state index in [9.17, 15) is 4.79 Å². The Balaban J connectivity index is 0.00000484. The molecule has 0 heterocycles. The Hall–Kier alpha value is -0.870. The first-order valence-electron chi connectivity index (χ1n) is 7.23. The SMILES string of the molecule is CCOCCNC(=NC)NCCNC(=O)c1cccc(Br)c1.I. The van der Waals surface area contributed by atoms with Crippen molar-refractivity contribution >= 4 is 51.8 Å². The number of hydrogen-bond acceptors (Lipinski definition) is 3. The Morgan fingerprint density at radius 3 is 2.57 bits per heavy atom. The van der Waals surface area contributed by atoms with Gasteiger partial charge in [-0.1, -0.05) is 22.0 Å². The van der Waals surface area contributed by atoms with Crippen LogP contribution in [0.5, 0.6) is 0 Å². The van der Waals surface area contributed by atoms with Gasteiger partial charge in [-0.15, -0.1) is 24.0 Å². The van der Waals surface area contributed by atoms with Gasteiger partial charge in [-0.2, -0.15) is 0 Å². The topological polar surface area (TPSA) is 74.8 Å². The molecule has 0 saturated heterocycles. The number of carbonyl (C=O) groups is 1. The minimum absolute atomic E-state index is 0. The number of halogens is 2. The summed E-state index contributed by atoms with van der Waals surface area (Å²) in [4.78, 5) is 16.0. The van der Waals surface area contributed by atoms with E-state index in [4.69, 9.17) is 4.74 Å². The maximum atomic E-state index is 11.9. The molecule has 23 heavy (non-hydrogen) atoms. The third-order valence-electron chi connectivity index (χ3n) is 2.76. The highest BCUT2D eigenvalue weighted by Crippen LogP contribution is 2.11. The predicted molar refractivity (Wildman–Crippen MR) is 108 cm³/mol. The molecule has 1 amide bonds. The van der Waals surface area contributed by atoms with Gasteiger partial charge in [0.1, 0.15) is 0 Å². The summed E-state index contributed by atoms with van der Waals surface area (Å²) in [5, 5.41) is 9.10. The van der Waals surface area contributed by atoms with Gasteiger partial charge in [-0.25, -0.2) is 0 Å². The first-order valence-corrected chi connectivity index (χ1v) is 8.02. The predicted octanol–water partition coefficient (Wildman–Crippen LogP) is 2.00. The van der Waals surface area contributed by atoms with Crippen LogP contribution in [0.4, 0.5) is 0 Å². The first-order chi connectivity index (χ1) is 10.7. The third-order valence-corrected chi connectivity index (χ3v) is 3.25. The van der Waals surface area contributed by atoms with Crippen molar-refractivity contribution in [2.45, 2.75) is 6.92 Å². The largest absolute Gasteiger partial charge is 0.380 e. The number of carbonyl (C=O) groups excluding carboxylic acids is 1. The summed E-state index contributed by atoms with van der Waals surface area (Å²) in [6, 6.07) is 7.29. The molecule has 0 fully saturated rings. The lowest BCUT2D eigenvalue weighted by Crippen LogP contribution is -2.42. The van der Waals surface area contributed by atoms with Crippen molar-refractivity contribution in [1.82, 2.24) is 16.0 Å². The van der Waals surface area contributed by atoms with Gasteiger partial charge in [0.15, 0.2) is 5.96 Å². The van der Waals surface area contributed by atoms with E-state index in [1.165, 1.54) is 0 Å². The van der Waals surface area contributed by atoms with E-state index in [0.29, 0.717) is 44.4 Å². The van der Waals surface area contributed by atoms with Gasteiger partial charge in [0.2, 0.25) is 0 Å². The summed E-state index contributed by atoms with van der Waals surface area (Å²) in [6.45, 7) is 5.09. The Labute approximate surface area is 163 Å². The second kappa shape index (κ2) is 13.6. The molecule has 0 saturated carbocycles. The highest BCUT2D eigenvalue weighted by Gasteiger charge is 2.04. The number of ether oxygens (including phenoxy) is 1. The molecular weight excluding hydrogens is 475 g/mol. The Bertz CT molecular complexity index is 500. The van der Waals surface area contributed by atoms with Crippen LogP contribution in [0.3, 0.4) is 0 Å². The third kappa shape index (κ3) is 9.77. The number of guanidine groups is 1. The lowest BCUT2D eigenvalue weighted by molar-refractivity contribution is 0.0954. The summed E-state index contributed by atoms with van der Waals surface area (Å²) in [7, 11) is 1.70. The molecule has 0 bridgehead atoms. The van der Waals surface area contributed by atoms with Crippen molar-refractivity contribution in [3.05, 3.63) is 34.3 Å². The van der Waals surface area contributed by atoms with Crippen molar-refractivity contribution in [2.24, 2.45) is 4.99 Å². The van der Waals surface area contributed by atoms with Crippen LogP contribution in [-0.4, -0.2) is 51.8 Å². The monoisotopic (exact) mass is 498 g/mol. The van der Waals surface area contributed by atoms with Gasteiger partial charge >= 0.3 is 0 Å². The Morgan fingerprint density at radius 2 is 1.91 bits per heavy atom. The van der Waals surface area contributed by atoms with Crippen molar-refractivity contribution in [3.63, 3.8) is 0 Å². The quantitative estimate of drug-likeness (QED) is 0.222. The van der Waals surface area contributed by atoms with Crippen LogP contribution in [0.25, 0.3) is 0 Å². The number of benzene rings is 1. The van der Waals surface area contributed by atoms with Gasteiger partial charge in [-0.3, -0.25) is 9.79 Å². The fraction of sp³-hybridized carbons (Fsp3) is 0.467. The van der Waals surface area contributed by atoms with Crippen molar-refractivity contribution in [2.75, 3.05) is 39.9 Å². The molecule has 130 valence electrons. The van der Waals surface area contributed by atoms with E-state index >= 15 is 0 Å². The molecule has 1 rings (SSSR count). The van der Waals surface area contributed by atoms with Crippen molar-refractivity contribution < 1.29 is 9.53 Å². The molecule has 6 nitrogen and oxygen atoms in total. The second-order valence-corrected chi connectivity index (χ2v) is 5.30. The molecule has 0 aromatic heterocycles. The minimum Gasteiger partial charge on any atom is -0.380 e. The molecule has 1 aromatic carbocycles. The van der Waals surface area contributed by atoms with E-state index in [1.54, 1.807) is 19.2 Å². The molecule has 0 aliphatic heterocycles. The zero-order chi connectivity index (χ0) is 16.2. The van der Waals surface area contributed by atoms with E-state index in [0.717, 1.165) is 4.47 Å². The van der Waals surface area contributed by atoms with Gasteiger partial charge in [0.25, 0.3) is 5.91 Å². The fourth-order valence-electron chi connectivity index (χ4n) is 1.70. The zero-order valence-corrected chi connectivity index (χ0v) is 17.3. The number of rotatable bonds is 8. The maximum absolute atomic E-state index is 11.9. The standard InChI is InChI=1S/C15H23BrN4O2.HI/c1-3-22-10-9-20-15(17-2)19-8-7-18-14(21)12-5-4-6-13(16)11-12;/h4-6,11H,3,7-10H2,1-2H3,(H,18,21)(H2,17,19,20);1H. The van der Waals surface area contributed by atoms with Crippen LogP contribution in [0.15, 0.2) is 33.7 Å². The van der Waals surface area contributed by atoms with Crippen LogP contribution in [0, 0.1) is 0 Å². The van der Waals surface area contributed by atoms with Gasteiger partial charge in [0.05, 0.1) is 6.61 Å². The number of nitrogens with zero attached hydrogens (tertiary/aromatic N) is 1. The lowest BCUT2D eigenvalue weighted by atomic mass is 10.2. The maximum Gasteiger partial charge on any atom is 0.251 e. The van der Waals surface area contributed by atoms with Gasteiger partial charge in [-0.05, 0) is 25.1 Å². The Morgan fingerprint density at radius 1 is 1.22 bits per heavy atom. The van der Waals surface area contributed by atoms with Crippen LogP contribution in [-0.2, 0) is 4.74 Å². The summed E-state index contributed by atoms with van der Waals surface area (Å²) < 4.78 is 6.12. The fourth-order valence-corrected chi connectivity index (χ4v) is 2.09. The second-order valence-electron chi connectivity index (χ2n) is 4.39. The Kier molecular flexibility index (Phi) is 13.0. The molecule has 0 aliphatic carbocycles. The molecule has 0 atom stereocenters. The molecule has 0 unspecified atom stereocenters. The number of hydrogen-bond donors (Lipinski definition) is 3. The molecule has 0 aliphatic rings. The van der Waals surface area contributed by atoms with E-state index < -0.39 is 0 Å². The lowest BCUT2D eigenvalue weighted by Gasteiger charge is -2.12. The van der Waals surface area contributed by atoms with Crippen LogP contribution in [0.2, 0.25) is 0 Å².